The van der Waals surface area contributed by atoms with Crippen LogP contribution in [0.15, 0.2) is 48.8 Å². The van der Waals surface area contributed by atoms with E-state index in [4.69, 9.17) is 0 Å². The van der Waals surface area contributed by atoms with Crippen LogP contribution >= 0.6 is 0 Å². The predicted molar refractivity (Wildman–Crippen MR) is 93.3 cm³/mol. The summed E-state index contributed by atoms with van der Waals surface area (Å²) >= 11 is 0. The molecule has 3 aromatic rings. The van der Waals surface area contributed by atoms with Gasteiger partial charge < -0.3 is 10.4 Å². The molecule has 2 N–H and O–H groups in total. The summed E-state index contributed by atoms with van der Waals surface area (Å²) in [6.45, 7) is 1.34. The van der Waals surface area contributed by atoms with Gasteiger partial charge in [0.1, 0.15) is 11.3 Å². The van der Waals surface area contributed by atoms with Crippen LogP contribution in [-0.2, 0) is 13.1 Å². The van der Waals surface area contributed by atoms with Gasteiger partial charge in [0, 0.05) is 36.9 Å². The smallest absolute Gasteiger partial charge is 0.149 e. The minimum Gasteiger partial charge on any atom is -0.391 e. The summed E-state index contributed by atoms with van der Waals surface area (Å²) in [5.41, 5.74) is 1.17. The van der Waals surface area contributed by atoms with Crippen molar-refractivity contribution >= 4 is 10.9 Å². The van der Waals surface area contributed by atoms with Crippen molar-refractivity contribution in [2.24, 2.45) is 5.92 Å². The number of para-hydroxylation sites is 1. The van der Waals surface area contributed by atoms with Gasteiger partial charge in [-0.3, -0.25) is 4.68 Å². The first kappa shape index (κ1) is 16.2. The number of aromatic nitrogens is 3. The van der Waals surface area contributed by atoms with Crippen molar-refractivity contribution in [3.05, 3.63) is 60.3 Å². The molecule has 1 aliphatic carbocycles. The summed E-state index contributed by atoms with van der Waals surface area (Å²) in [6, 6.07) is 10.7. The van der Waals surface area contributed by atoms with Gasteiger partial charge in [-0.2, -0.15) is 5.10 Å². The van der Waals surface area contributed by atoms with E-state index in [1.165, 1.54) is 6.07 Å². The molecule has 130 valence electrons. The lowest BCUT2D eigenvalue weighted by Crippen LogP contribution is -2.35. The van der Waals surface area contributed by atoms with Crippen molar-refractivity contribution in [3.8, 4) is 0 Å². The van der Waals surface area contributed by atoms with Crippen LogP contribution in [0.4, 0.5) is 4.39 Å². The maximum atomic E-state index is 13.9. The molecule has 1 aliphatic rings. The standard InChI is InChI=1S/C19H21FN4O/c20-16-4-1-3-14-5-6-15(23-19(14)16)11-21-17-9-13(10-18(17)25)12-24-8-2-7-22-24/h1-8,13,17-18,21,25H,9-12H2/t13?,17-,18-/m1/s1. The average molecular weight is 340 g/mol. The largest absolute Gasteiger partial charge is 0.391 e. The molecule has 3 atom stereocenters. The Balaban J connectivity index is 1.38. The molecule has 0 saturated heterocycles. The Morgan fingerprint density at radius 2 is 2.12 bits per heavy atom. The first-order chi connectivity index (χ1) is 12.2. The summed E-state index contributed by atoms with van der Waals surface area (Å²) in [7, 11) is 0. The molecule has 5 nitrogen and oxygen atoms in total. The number of aliphatic hydroxyl groups excluding tert-OH is 1. The van der Waals surface area contributed by atoms with Crippen LogP contribution in [0.3, 0.4) is 0 Å². The molecule has 4 rings (SSSR count). The molecule has 1 saturated carbocycles. The molecule has 0 amide bonds. The van der Waals surface area contributed by atoms with Crippen molar-refractivity contribution in [2.45, 2.75) is 38.1 Å². The molecular weight excluding hydrogens is 319 g/mol. The van der Waals surface area contributed by atoms with Crippen molar-refractivity contribution < 1.29 is 9.50 Å². The molecule has 0 spiro atoms. The van der Waals surface area contributed by atoms with E-state index in [0.717, 1.165) is 30.5 Å². The normalized spacial score (nSPS) is 23.4. The van der Waals surface area contributed by atoms with Crippen LogP contribution in [0.25, 0.3) is 10.9 Å². The lowest BCUT2D eigenvalue weighted by atomic mass is 10.1. The topological polar surface area (TPSA) is 63.0 Å². The first-order valence-electron chi connectivity index (χ1n) is 8.62. The Morgan fingerprint density at radius 3 is 2.96 bits per heavy atom. The van der Waals surface area contributed by atoms with Gasteiger partial charge in [0.25, 0.3) is 0 Å². The van der Waals surface area contributed by atoms with E-state index in [2.05, 4.69) is 15.4 Å². The van der Waals surface area contributed by atoms with Gasteiger partial charge in [0.05, 0.1) is 11.8 Å². The quantitative estimate of drug-likeness (QED) is 0.749. The number of pyridine rings is 1. The van der Waals surface area contributed by atoms with Gasteiger partial charge in [-0.25, -0.2) is 9.37 Å². The van der Waals surface area contributed by atoms with E-state index >= 15 is 0 Å². The Bertz CT molecular complexity index is 852. The zero-order valence-electron chi connectivity index (χ0n) is 13.8. The fraction of sp³-hybridized carbons (Fsp3) is 0.368. The molecule has 6 heteroatoms. The summed E-state index contributed by atoms with van der Waals surface area (Å²) in [4.78, 5) is 4.41. The fourth-order valence-electron chi connectivity index (χ4n) is 3.65. The first-order valence-corrected chi connectivity index (χ1v) is 8.62. The van der Waals surface area contributed by atoms with Crippen LogP contribution in [-0.4, -0.2) is 32.0 Å². The Kier molecular flexibility index (Phi) is 4.46. The van der Waals surface area contributed by atoms with E-state index in [-0.39, 0.29) is 18.0 Å². The highest BCUT2D eigenvalue weighted by molar-refractivity contribution is 5.79. The molecule has 25 heavy (non-hydrogen) atoms. The van der Waals surface area contributed by atoms with E-state index in [1.807, 2.05) is 35.1 Å². The number of nitrogens with zero attached hydrogens (tertiary/aromatic N) is 3. The van der Waals surface area contributed by atoms with Crippen LogP contribution < -0.4 is 5.32 Å². The molecule has 1 fully saturated rings. The van der Waals surface area contributed by atoms with Gasteiger partial charge in [0.2, 0.25) is 0 Å². The van der Waals surface area contributed by atoms with Gasteiger partial charge in [0.15, 0.2) is 0 Å². The van der Waals surface area contributed by atoms with Crippen LogP contribution in [0, 0.1) is 11.7 Å². The van der Waals surface area contributed by atoms with Crippen molar-refractivity contribution in [1.82, 2.24) is 20.1 Å². The van der Waals surface area contributed by atoms with Crippen LogP contribution in [0.5, 0.6) is 0 Å². The van der Waals surface area contributed by atoms with Gasteiger partial charge >= 0.3 is 0 Å². The van der Waals surface area contributed by atoms with Gasteiger partial charge in [-0.05, 0) is 37.0 Å². The fourth-order valence-corrected chi connectivity index (χ4v) is 3.65. The Morgan fingerprint density at radius 1 is 1.20 bits per heavy atom. The number of aliphatic hydroxyl groups is 1. The minimum absolute atomic E-state index is 0.0266. The van der Waals surface area contributed by atoms with E-state index in [1.54, 1.807) is 12.3 Å². The highest BCUT2D eigenvalue weighted by Gasteiger charge is 2.32. The molecule has 0 radical (unpaired) electrons. The summed E-state index contributed by atoms with van der Waals surface area (Å²) in [5.74, 6) is 0.0916. The molecule has 2 heterocycles. The van der Waals surface area contributed by atoms with Gasteiger partial charge in [-0.15, -0.1) is 0 Å². The number of halogens is 1. The lowest BCUT2D eigenvalue weighted by molar-refractivity contribution is 0.145. The van der Waals surface area contributed by atoms with Crippen molar-refractivity contribution in [2.75, 3.05) is 0 Å². The highest BCUT2D eigenvalue weighted by Crippen LogP contribution is 2.27. The third-order valence-electron chi connectivity index (χ3n) is 4.91. The molecule has 2 aromatic heterocycles. The Hall–Kier alpha value is -2.31. The second-order valence-corrected chi connectivity index (χ2v) is 6.73. The molecule has 0 bridgehead atoms. The third-order valence-corrected chi connectivity index (χ3v) is 4.91. The third kappa shape index (κ3) is 3.55. The zero-order chi connectivity index (χ0) is 17.2. The molecular formula is C19H21FN4O. The van der Waals surface area contributed by atoms with Crippen LogP contribution in [0.2, 0.25) is 0 Å². The number of benzene rings is 1. The second-order valence-electron chi connectivity index (χ2n) is 6.73. The monoisotopic (exact) mass is 340 g/mol. The summed E-state index contributed by atoms with van der Waals surface area (Å²) < 4.78 is 15.8. The molecule has 1 aromatic carbocycles. The van der Waals surface area contributed by atoms with E-state index in [0.29, 0.717) is 18.0 Å². The maximum absolute atomic E-state index is 13.9. The van der Waals surface area contributed by atoms with Crippen LogP contribution in [0.1, 0.15) is 18.5 Å². The number of fused-ring (bicyclic) bond motifs is 1. The second kappa shape index (κ2) is 6.90. The average Bonchev–Trinajstić information content (AvgIpc) is 3.23. The highest BCUT2D eigenvalue weighted by atomic mass is 19.1. The van der Waals surface area contributed by atoms with E-state index in [9.17, 15) is 9.50 Å². The number of hydrogen-bond donors (Lipinski definition) is 2. The maximum Gasteiger partial charge on any atom is 0.149 e. The Labute approximate surface area is 145 Å². The molecule has 0 aliphatic heterocycles. The lowest BCUT2D eigenvalue weighted by Gasteiger charge is -2.16. The number of rotatable bonds is 5. The summed E-state index contributed by atoms with van der Waals surface area (Å²) in [5, 5.41) is 18.7. The predicted octanol–water partition coefficient (Wildman–Crippen LogP) is 2.50. The van der Waals surface area contributed by atoms with Crippen molar-refractivity contribution in [3.63, 3.8) is 0 Å². The zero-order valence-corrected chi connectivity index (χ0v) is 13.8. The number of nitrogens with one attached hydrogen (secondary N) is 1. The SMILES string of the molecule is O[C@@H]1CC(Cn2cccn2)C[C@H]1NCc1ccc2cccc(F)c2n1. The molecule has 1 unspecified atom stereocenters. The van der Waals surface area contributed by atoms with Crippen molar-refractivity contribution in [1.29, 1.82) is 0 Å². The number of hydrogen-bond acceptors (Lipinski definition) is 4. The summed E-state index contributed by atoms with van der Waals surface area (Å²) in [6.07, 6.45) is 4.99. The van der Waals surface area contributed by atoms with Gasteiger partial charge in [-0.1, -0.05) is 18.2 Å². The van der Waals surface area contributed by atoms with E-state index < -0.39 is 0 Å². The minimum atomic E-state index is -0.377.